The van der Waals surface area contributed by atoms with Crippen LogP contribution in [0.2, 0.25) is 0 Å². The molecule has 1 aliphatic heterocycles. The van der Waals surface area contributed by atoms with Crippen molar-refractivity contribution in [3.05, 3.63) is 23.8 Å². The van der Waals surface area contributed by atoms with Crippen LogP contribution in [0.4, 0.5) is 10.8 Å². The SMILES string of the molecule is Cc1ccc2c(c1)N(S(C)(=O)=O)CC(C(=O)Nc1nnc(SCC(C)C)s1)O2. The molecule has 152 valence electrons. The van der Waals surface area contributed by atoms with Crippen molar-refractivity contribution in [1.29, 1.82) is 0 Å². The molecule has 0 saturated heterocycles. The summed E-state index contributed by atoms with van der Waals surface area (Å²) in [6.45, 7) is 5.99. The fourth-order valence-corrected chi connectivity index (χ4v) is 5.19. The van der Waals surface area contributed by atoms with Gasteiger partial charge in [0, 0.05) is 5.75 Å². The Kier molecular flexibility index (Phi) is 6.15. The predicted molar refractivity (Wildman–Crippen MR) is 112 cm³/mol. The number of amides is 1. The largest absolute Gasteiger partial charge is 0.476 e. The summed E-state index contributed by atoms with van der Waals surface area (Å²) < 4.78 is 32.2. The molecule has 0 fully saturated rings. The van der Waals surface area contributed by atoms with E-state index in [1.165, 1.54) is 15.6 Å². The molecule has 1 unspecified atom stereocenters. The van der Waals surface area contributed by atoms with Crippen LogP contribution in [-0.2, 0) is 14.8 Å². The van der Waals surface area contributed by atoms with Gasteiger partial charge in [-0.2, -0.15) is 0 Å². The average molecular weight is 443 g/mol. The number of carbonyl (C=O) groups is 1. The van der Waals surface area contributed by atoms with Crippen LogP contribution >= 0.6 is 23.1 Å². The third kappa shape index (κ3) is 4.95. The number of nitrogens with one attached hydrogen (secondary N) is 1. The highest BCUT2D eigenvalue weighted by Crippen LogP contribution is 2.36. The summed E-state index contributed by atoms with van der Waals surface area (Å²) in [5, 5.41) is 11.1. The molecule has 1 atom stereocenters. The Morgan fingerprint density at radius 3 is 2.86 bits per heavy atom. The zero-order chi connectivity index (χ0) is 20.5. The first-order valence-corrected chi connectivity index (χ1v) is 12.3. The molecule has 28 heavy (non-hydrogen) atoms. The van der Waals surface area contributed by atoms with E-state index in [1.54, 1.807) is 23.9 Å². The van der Waals surface area contributed by atoms with Crippen LogP contribution in [0.5, 0.6) is 5.75 Å². The Bertz CT molecular complexity index is 975. The van der Waals surface area contributed by atoms with Crippen LogP contribution in [0.25, 0.3) is 0 Å². The lowest BCUT2D eigenvalue weighted by atomic mass is 10.1. The summed E-state index contributed by atoms with van der Waals surface area (Å²) in [6, 6.07) is 5.21. The van der Waals surface area contributed by atoms with Gasteiger partial charge >= 0.3 is 0 Å². The van der Waals surface area contributed by atoms with E-state index >= 15 is 0 Å². The van der Waals surface area contributed by atoms with E-state index in [1.807, 2.05) is 13.0 Å². The minimum Gasteiger partial charge on any atom is -0.476 e. The van der Waals surface area contributed by atoms with E-state index in [9.17, 15) is 13.2 Å². The number of sulfonamides is 1. The number of aromatic nitrogens is 2. The van der Waals surface area contributed by atoms with Crippen molar-refractivity contribution in [1.82, 2.24) is 10.2 Å². The van der Waals surface area contributed by atoms with Gasteiger partial charge in [0.2, 0.25) is 15.2 Å². The first-order valence-electron chi connectivity index (χ1n) is 8.65. The van der Waals surface area contributed by atoms with Crippen LogP contribution in [0.1, 0.15) is 19.4 Å². The van der Waals surface area contributed by atoms with Crippen LogP contribution in [0.15, 0.2) is 22.5 Å². The molecule has 0 radical (unpaired) electrons. The van der Waals surface area contributed by atoms with Crippen molar-refractivity contribution in [2.75, 3.05) is 28.2 Å². The number of benzene rings is 1. The molecule has 11 heteroatoms. The highest BCUT2D eigenvalue weighted by atomic mass is 32.2. The van der Waals surface area contributed by atoms with Gasteiger partial charge in [-0.1, -0.05) is 43.0 Å². The summed E-state index contributed by atoms with van der Waals surface area (Å²) in [4.78, 5) is 12.7. The molecule has 8 nitrogen and oxygen atoms in total. The van der Waals surface area contributed by atoms with E-state index in [-0.39, 0.29) is 6.54 Å². The van der Waals surface area contributed by atoms with Gasteiger partial charge in [0.25, 0.3) is 5.91 Å². The summed E-state index contributed by atoms with van der Waals surface area (Å²) in [5.74, 6) is 1.32. The minimum atomic E-state index is -3.56. The third-order valence-corrected chi connectivity index (χ3v) is 7.40. The number of thioether (sulfide) groups is 1. The fraction of sp³-hybridized carbons (Fsp3) is 0.471. The van der Waals surface area contributed by atoms with E-state index in [0.29, 0.717) is 22.5 Å². The van der Waals surface area contributed by atoms with Gasteiger partial charge in [0.1, 0.15) is 5.75 Å². The Hall–Kier alpha value is -1.85. The maximum Gasteiger partial charge on any atom is 0.269 e. The number of anilines is 2. The molecule has 0 aliphatic carbocycles. The van der Waals surface area contributed by atoms with E-state index in [0.717, 1.165) is 21.9 Å². The van der Waals surface area contributed by atoms with E-state index in [2.05, 4.69) is 29.4 Å². The normalized spacial score (nSPS) is 16.6. The summed E-state index contributed by atoms with van der Waals surface area (Å²) in [6.07, 6.45) is 0.128. The highest BCUT2D eigenvalue weighted by Gasteiger charge is 2.35. The molecular weight excluding hydrogens is 420 g/mol. The molecular formula is C17H22N4O4S3. The molecule has 1 N–H and O–H groups in total. The Labute approximate surface area is 172 Å². The number of rotatable bonds is 6. The minimum absolute atomic E-state index is 0.102. The molecule has 0 spiro atoms. The lowest BCUT2D eigenvalue weighted by Gasteiger charge is -2.34. The first-order chi connectivity index (χ1) is 13.1. The molecule has 1 aliphatic rings. The van der Waals surface area contributed by atoms with Crippen LogP contribution in [-0.4, -0.2) is 49.2 Å². The van der Waals surface area contributed by atoms with Crippen molar-refractivity contribution in [2.45, 2.75) is 31.2 Å². The lowest BCUT2D eigenvalue weighted by Crippen LogP contribution is -2.48. The predicted octanol–water partition coefficient (Wildman–Crippen LogP) is 2.76. The molecule has 1 aromatic heterocycles. The third-order valence-electron chi connectivity index (χ3n) is 3.85. The van der Waals surface area contributed by atoms with E-state index < -0.39 is 22.0 Å². The van der Waals surface area contributed by atoms with E-state index in [4.69, 9.17) is 4.74 Å². The number of fused-ring (bicyclic) bond motifs is 1. The summed E-state index contributed by atoms with van der Waals surface area (Å²) >= 11 is 2.87. The molecule has 3 rings (SSSR count). The van der Waals surface area contributed by atoms with Crippen LogP contribution < -0.4 is 14.4 Å². The van der Waals surface area contributed by atoms with Crippen molar-refractivity contribution >= 4 is 49.8 Å². The van der Waals surface area contributed by atoms with Gasteiger partial charge in [0.15, 0.2) is 10.4 Å². The van der Waals surface area contributed by atoms with Crippen molar-refractivity contribution in [3.63, 3.8) is 0 Å². The van der Waals surface area contributed by atoms with Gasteiger partial charge < -0.3 is 4.74 Å². The van der Waals surface area contributed by atoms with Crippen LogP contribution in [0, 0.1) is 12.8 Å². The van der Waals surface area contributed by atoms with Crippen molar-refractivity contribution in [2.24, 2.45) is 5.92 Å². The number of hydrogen-bond donors (Lipinski definition) is 1. The molecule has 1 aromatic carbocycles. The Morgan fingerprint density at radius 1 is 1.43 bits per heavy atom. The highest BCUT2D eigenvalue weighted by molar-refractivity contribution is 8.01. The van der Waals surface area contributed by atoms with Gasteiger partial charge in [-0.15, -0.1) is 10.2 Å². The Balaban J connectivity index is 1.75. The molecule has 2 aromatic rings. The quantitative estimate of drug-likeness (QED) is 0.542. The number of aryl methyl sites for hydroxylation is 1. The molecule has 1 amide bonds. The number of hydrogen-bond acceptors (Lipinski definition) is 8. The second-order valence-corrected chi connectivity index (χ2v) is 11.1. The molecule has 2 heterocycles. The van der Waals surface area contributed by atoms with Crippen molar-refractivity contribution < 1.29 is 17.9 Å². The van der Waals surface area contributed by atoms with Gasteiger partial charge in [0.05, 0.1) is 18.5 Å². The zero-order valence-electron chi connectivity index (χ0n) is 16.0. The van der Waals surface area contributed by atoms with Crippen LogP contribution in [0.3, 0.4) is 0 Å². The summed E-state index contributed by atoms with van der Waals surface area (Å²) in [5.41, 5.74) is 1.34. The second-order valence-electron chi connectivity index (χ2n) is 6.94. The molecule has 0 saturated carbocycles. The first kappa shape index (κ1) is 20.9. The lowest BCUT2D eigenvalue weighted by molar-refractivity contribution is -0.122. The zero-order valence-corrected chi connectivity index (χ0v) is 18.4. The fourth-order valence-electron chi connectivity index (χ4n) is 2.55. The number of carbonyl (C=O) groups excluding carboxylic acids is 1. The summed E-state index contributed by atoms with van der Waals surface area (Å²) in [7, 11) is -3.56. The smallest absolute Gasteiger partial charge is 0.269 e. The monoisotopic (exact) mass is 442 g/mol. The maximum atomic E-state index is 12.7. The second kappa shape index (κ2) is 8.26. The van der Waals surface area contributed by atoms with Crippen molar-refractivity contribution in [3.8, 4) is 5.75 Å². The van der Waals surface area contributed by atoms with Gasteiger partial charge in [-0.05, 0) is 30.5 Å². The van der Waals surface area contributed by atoms with Gasteiger partial charge in [-0.3, -0.25) is 14.4 Å². The Morgan fingerprint density at radius 2 is 2.18 bits per heavy atom. The molecule has 0 bridgehead atoms. The standard InChI is InChI=1S/C17H22N4O4S3/c1-10(2)9-26-17-20-19-16(27-17)18-15(22)14-8-21(28(4,23)24)12-7-11(3)5-6-13(12)25-14/h5-7,10,14H,8-9H2,1-4H3,(H,18,19,22). The number of ether oxygens (including phenoxy) is 1. The average Bonchev–Trinajstić information content (AvgIpc) is 3.05. The maximum absolute atomic E-state index is 12.7. The topological polar surface area (TPSA) is 101 Å². The van der Waals surface area contributed by atoms with Gasteiger partial charge in [-0.25, -0.2) is 8.42 Å². The number of nitrogens with zero attached hydrogens (tertiary/aromatic N) is 3.